The smallest absolute Gasteiger partial charge is 0.326 e. The minimum absolute atomic E-state index is 0.118. The first-order chi connectivity index (χ1) is 8.41. The molecule has 0 fully saturated rings. The topological polar surface area (TPSA) is 92.5 Å². The Bertz CT molecular complexity index is 445. The predicted molar refractivity (Wildman–Crippen MR) is 67.6 cm³/mol. The van der Waals surface area contributed by atoms with Crippen LogP contribution in [0, 0.1) is 16.0 Å². The summed E-state index contributed by atoms with van der Waals surface area (Å²) in [6.45, 7) is 3.80. The third kappa shape index (κ3) is 3.73. The number of benzene rings is 1. The second-order valence-electron chi connectivity index (χ2n) is 4.44. The summed E-state index contributed by atoms with van der Waals surface area (Å²) in [5, 5.41) is 22.6. The van der Waals surface area contributed by atoms with Gasteiger partial charge in [-0.2, -0.15) is 0 Å². The lowest BCUT2D eigenvalue weighted by atomic mass is 10.0. The van der Waals surface area contributed by atoms with E-state index in [-0.39, 0.29) is 17.3 Å². The Morgan fingerprint density at radius 2 is 2.06 bits per heavy atom. The van der Waals surface area contributed by atoms with Gasteiger partial charge in [-0.05, 0) is 18.4 Å². The van der Waals surface area contributed by atoms with Crippen molar-refractivity contribution in [3.63, 3.8) is 0 Å². The van der Waals surface area contributed by atoms with Crippen molar-refractivity contribution in [1.29, 1.82) is 0 Å². The molecule has 98 valence electrons. The van der Waals surface area contributed by atoms with Gasteiger partial charge < -0.3 is 10.4 Å². The van der Waals surface area contributed by atoms with Crippen LogP contribution >= 0.6 is 0 Å². The summed E-state index contributed by atoms with van der Waals surface area (Å²) in [6, 6.07) is 5.20. The lowest BCUT2D eigenvalue weighted by Crippen LogP contribution is -2.30. The molecule has 0 heterocycles. The highest BCUT2D eigenvalue weighted by atomic mass is 16.6. The molecule has 0 aliphatic carbocycles. The number of carbonyl (C=O) groups is 1. The number of nitrogens with zero attached hydrogens (tertiary/aromatic N) is 1. The minimum atomic E-state index is -1.01. The average molecular weight is 252 g/mol. The number of aliphatic carboxylic acids is 1. The average Bonchev–Trinajstić information content (AvgIpc) is 2.27. The van der Waals surface area contributed by atoms with Gasteiger partial charge in [-0.3, -0.25) is 10.1 Å². The Balaban J connectivity index is 2.93. The third-order valence-corrected chi connectivity index (χ3v) is 2.44. The van der Waals surface area contributed by atoms with Crippen molar-refractivity contribution < 1.29 is 14.8 Å². The van der Waals surface area contributed by atoms with Gasteiger partial charge in [-0.1, -0.05) is 26.0 Å². The molecule has 0 saturated heterocycles. The standard InChI is InChI=1S/C12H16N2O4/c1-8(2)7-10(12(15)16)13-9-5-3-4-6-11(9)14(17)18/h3-6,8,10,13H,7H2,1-2H3,(H,15,16). The van der Waals surface area contributed by atoms with Crippen LogP contribution in [0.2, 0.25) is 0 Å². The number of hydrogen-bond donors (Lipinski definition) is 2. The van der Waals surface area contributed by atoms with Crippen LogP contribution in [-0.4, -0.2) is 22.0 Å². The zero-order chi connectivity index (χ0) is 13.7. The largest absolute Gasteiger partial charge is 0.480 e. The van der Waals surface area contributed by atoms with E-state index in [1.54, 1.807) is 12.1 Å². The first kappa shape index (κ1) is 14.0. The normalized spacial score (nSPS) is 12.2. The second-order valence-corrected chi connectivity index (χ2v) is 4.44. The van der Waals surface area contributed by atoms with Crippen molar-refractivity contribution in [2.45, 2.75) is 26.3 Å². The molecule has 6 heteroatoms. The van der Waals surface area contributed by atoms with Gasteiger partial charge in [-0.25, -0.2) is 4.79 Å². The maximum atomic E-state index is 11.1. The lowest BCUT2D eigenvalue weighted by Gasteiger charge is -2.17. The quantitative estimate of drug-likeness (QED) is 0.599. The van der Waals surface area contributed by atoms with Gasteiger partial charge in [0.1, 0.15) is 11.7 Å². The fourth-order valence-electron chi connectivity index (χ4n) is 1.64. The van der Waals surface area contributed by atoms with Crippen molar-refractivity contribution in [2.24, 2.45) is 5.92 Å². The summed E-state index contributed by atoms with van der Waals surface area (Å²) >= 11 is 0. The van der Waals surface area contributed by atoms with Crippen LogP contribution in [0.4, 0.5) is 11.4 Å². The Kier molecular flexibility index (Phi) is 4.65. The maximum Gasteiger partial charge on any atom is 0.326 e. The van der Waals surface area contributed by atoms with Gasteiger partial charge in [0.25, 0.3) is 5.69 Å². The fraction of sp³-hybridized carbons (Fsp3) is 0.417. The molecular formula is C12H16N2O4. The number of nitrogens with one attached hydrogen (secondary N) is 1. The van der Waals surface area contributed by atoms with Crippen molar-refractivity contribution in [3.05, 3.63) is 34.4 Å². The van der Waals surface area contributed by atoms with E-state index in [0.29, 0.717) is 6.42 Å². The highest BCUT2D eigenvalue weighted by Crippen LogP contribution is 2.25. The molecule has 0 saturated carbocycles. The molecule has 1 aromatic rings. The van der Waals surface area contributed by atoms with Crippen LogP contribution in [0.5, 0.6) is 0 Å². The fourth-order valence-corrected chi connectivity index (χ4v) is 1.64. The summed E-state index contributed by atoms with van der Waals surface area (Å²) in [6.07, 6.45) is 0.404. The first-order valence-electron chi connectivity index (χ1n) is 5.64. The van der Waals surface area contributed by atoms with E-state index in [0.717, 1.165) is 0 Å². The van der Waals surface area contributed by atoms with E-state index < -0.39 is 16.9 Å². The van der Waals surface area contributed by atoms with Crippen molar-refractivity contribution in [3.8, 4) is 0 Å². The highest BCUT2D eigenvalue weighted by Gasteiger charge is 2.22. The molecular weight excluding hydrogens is 236 g/mol. The van der Waals surface area contributed by atoms with Crippen LogP contribution in [0.1, 0.15) is 20.3 Å². The molecule has 18 heavy (non-hydrogen) atoms. The molecule has 0 aliphatic rings. The first-order valence-corrected chi connectivity index (χ1v) is 5.64. The SMILES string of the molecule is CC(C)CC(Nc1ccccc1[N+](=O)[O-])C(=O)O. The Hall–Kier alpha value is -2.11. The zero-order valence-electron chi connectivity index (χ0n) is 10.3. The third-order valence-electron chi connectivity index (χ3n) is 2.44. The molecule has 0 radical (unpaired) electrons. The molecule has 0 aliphatic heterocycles. The Morgan fingerprint density at radius 3 is 2.56 bits per heavy atom. The summed E-state index contributed by atoms with van der Waals surface area (Å²) in [4.78, 5) is 21.4. The molecule has 1 rings (SSSR count). The Labute approximate surface area is 105 Å². The Morgan fingerprint density at radius 1 is 1.44 bits per heavy atom. The molecule has 1 aromatic carbocycles. The van der Waals surface area contributed by atoms with E-state index in [1.807, 2.05) is 13.8 Å². The number of anilines is 1. The lowest BCUT2D eigenvalue weighted by molar-refractivity contribution is -0.384. The van der Waals surface area contributed by atoms with Crippen LogP contribution in [0.15, 0.2) is 24.3 Å². The molecule has 0 spiro atoms. The summed E-state index contributed by atoms with van der Waals surface area (Å²) < 4.78 is 0. The van der Waals surface area contributed by atoms with E-state index in [4.69, 9.17) is 5.11 Å². The summed E-state index contributed by atoms with van der Waals surface area (Å²) in [5.41, 5.74) is 0.114. The van der Waals surface area contributed by atoms with Crippen LogP contribution in [0.25, 0.3) is 0 Å². The van der Waals surface area contributed by atoms with Crippen molar-refractivity contribution in [1.82, 2.24) is 0 Å². The van der Waals surface area contributed by atoms with E-state index in [2.05, 4.69) is 5.32 Å². The van der Waals surface area contributed by atoms with Crippen LogP contribution in [0.3, 0.4) is 0 Å². The van der Waals surface area contributed by atoms with Gasteiger partial charge in [0.15, 0.2) is 0 Å². The van der Waals surface area contributed by atoms with Crippen molar-refractivity contribution >= 4 is 17.3 Å². The predicted octanol–water partition coefficient (Wildman–Crippen LogP) is 2.51. The number of carboxylic acid groups (broad SMARTS) is 1. The van der Waals surface area contributed by atoms with Gasteiger partial charge in [0, 0.05) is 6.07 Å². The van der Waals surface area contributed by atoms with E-state index >= 15 is 0 Å². The van der Waals surface area contributed by atoms with Crippen molar-refractivity contribution in [2.75, 3.05) is 5.32 Å². The number of nitro groups is 1. The van der Waals surface area contributed by atoms with E-state index in [1.165, 1.54) is 12.1 Å². The van der Waals surface area contributed by atoms with Gasteiger partial charge in [-0.15, -0.1) is 0 Å². The van der Waals surface area contributed by atoms with Gasteiger partial charge in [0.05, 0.1) is 4.92 Å². The highest BCUT2D eigenvalue weighted by molar-refractivity contribution is 5.78. The molecule has 0 aromatic heterocycles. The number of hydrogen-bond acceptors (Lipinski definition) is 4. The molecule has 0 amide bonds. The number of nitro benzene ring substituents is 1. The number of para-hydroxylation sites is 2. The second kappa shape index (κ2) is 6.00. The van der Waals surface area contributed by atoms with Crippen LogP contribution < -0.4 is 5.32 Å². The van der Waals surface area contributed by atoms with E-state index in [9.17, 15) is 14.9 Å². The molecule has 1 unspecified atom stereocenters. The van der Waals surface area contributed by atoms with Crippen LogP contribution in [-0.2, 0) is 4.79 Å². The monoisotopic (exact) mass is 252 g/mol. The number of carboxylic acids is 1. The zero-order valence-corrected chi connectivity index (χ0v) is 10.3. The van der Waals surface area contributed by atoms with Gasteiger partial charge >= 0.3 is 5.97 Å². The molecule has 2 N–H and O–H groups in total. The summed E-state index contributed by atoms with van der Waals surface area (Å²) in [5.74, 6) is -0.830. The van der Waals surface area contributed by atoms with Gasteiger partial charge in [0.2, 0.25) is 0 Å². The number of rotatable bonds is 6. The minimum Gasteiger partial charge on any atom is -0.480 e. The maximum absolute atomic E-state index is 11.1. The molecule has 1 atom stereocenters. The molecule has 6 nitrogen and oxygen atoms in total. The molecule has 0 bridgehead atoms. The summed E-state index contributed by atoms with van der Waals surface area (Å²) in [7, 11) is 0.